The number of anilines is 1. The zero-order valence-electron chi connectivity index (χ0n) is 18.5. The minimum atomic E-state index is -1.22. The topological polar surface area (TPSA) is 101 Å². The summed E-state index contributed by atoms with van der Waals surface area (Å²) in [4.78, 5) is 44.9. The molecule has 9 heteroatoms. The van der Waals surface area contributed by atoms with Crippen molar-refractivity contribution in [1.82, 2.24) is 15.2 Å². The van der Waals surface area contributed by atoms with Crippen molar-refractivity contribution in [3.05, 3.63) is 78.4 Å². The summed E-state index contributed by atoms with van der Waals surface area (Å²) in [6, 6.07) is 21.7. The first-order valence-corrected chi connectivity index (χ1v) is 12.0. The Morgan fingerprint density at radius 1 is 1.06 bits per heavy atom. The van der Waals surface area contributed by atoms with E-state index >= 15 is 0 Å². The fourth-order valence-corrected chi connectivity index (χ4v) is 5.62. The standard InChI is InChI=1S/C26H20N4O4S/c31-22(27-18-9-3-1-7-16(18)23-28-19-10-4-6-12-21(19)35-23)15-30-24(32)26(29-25(30)33)13-14-34-20-11-5-2-8-17(20)26/h1-12H,13-15H2,(H,27,31)(H,29,33)/t26-/m0/s1. The van der Waals surface area contributed by atoms with Gasteiger partial charge in [0.15, 0.2) is 5.54 Å². The number of amides is 4. The summed E-state index contributed by atoms with van der Waals surface area (Å²) in [6.45, 7) is -0.109. The van der Waals surface area contributed by atoms with Gasteiger partial charge in [-0.3, -0.25) is 14.5 Å². The van der Waals surface area contributed by atoms with Crippen LogP contribution in [0.2, 0.25) is 0 Å². The molecule has 0 saturated carbocycles. The van der Waals surface area contributed by atoms with Crippen LogP contribution in [0.1, 0.15) is 12.0 Å². The molecule has 3 heterocycles. The number of nitrogens with one attached hydrogen (secondary N) is 2. The third-order valence-corrected chi connectivity index (χ3v) is 7.35. The van der Waals surface area contributed by atoms with Gasteiger partial charge in [0.2, 0.25) is 5.91 Å². The summed E-state index contributed by atoms with van der Waals surface area (Å²) < 4.78 is 6.71. The van der Waals surface area contributed by atoms with Crippen molar-refractivity contribution in [2.24, 2.45) is 0 Å². The van der Waals surface area contributed by atoms with Crippen molar-refractivity contribution in [3.8, 4) is 16.3 Å². The smallest absolute Gasteiger partial charge is 0.325 e. The molecule has 1 spiro atoms. The minimum absolute atomic E-state index is 0.290. The molecule has 6 rings (SSSR count). The lowest BCUT2D eigenvalue weighted by Crippen LogP contribution is -2.48. The third-order valence-electron chi connectivity index (χ3n) is 6.28. The van der Waals surface area contributed by atoms with Crippen molar-refractivity contribution in [2.75, 3.05) is 18.5 Å². The number of benzene rings is 3. The molecule has 174 valence electrons. The summed E-state index contributed by atoms with van der Waals surface area (Å²) in [6.07, 6.45) is 0.299. The highest BCUT2D eigenvalue weighted by Crippen LogP contribution is 2.41. The van der Waals surface area contributed by atoms with Crippen LogP contribution in [-0.4, -0.2) is 40.9 Å². The number of para-hydroxylation sites is 3. The lowest BCUT2D eigenvalue weighted by Gasteiger charge is -2.33. The average molecular weight is 485 g/mol. The van der Waals surface area contributed by atoms with Crippen LogP contribution >= 0.6 is 11.3 Å². The van der Waals surface area contributed by atoms with Crippen molar-refractivity contribution in [1.29, 1.82) is 0 Å². The Kier molecular flexibility index (Phi) is 5.00. The Hall–Kier alpha value is -4.24. The summed E-state index contributed by atoms with van der Waals surface area (Å²) >= 11 is 1.53. The van der Waals surface area contributed by atoms with Gasteiger partial charge in [0.25, 0.3) is 5.91 Å². The highest BCUT2D eigenvalue weighted by atomic mass is 32.1. The summed E-state index contributed by atoms with van der Waals surface area (Å²) in [5.41, 5.74) is 1.61. The molecule has 0 bridgehead atoms. The summed E-state index contributed by atoms with van der Waals surface area (Å²) in [5.74, 6) is -0.365. The zero-order chi connectivity index (χ0) is 24.0. The molecule has 0 unspecified atom stereocenters. The van der Waals surface area contributed by atoms with E-state index in [4.69, 9.17) is 4.74 Å². The van der Waals surface area contributed by atoms with Crippen molar-refractivity contribution < 1.29 is 19.1 Å². The van der Waals surface area contributed by atoms with Gasteiger partial charge in [-0.1, -0.05) is 42.5 Å². The largest absolute Gasteiger partial charge is 0.493 e. The average Bonchev–Trinajstić information content (AvgIpc) is 3.40. The Morgan fingerprint density at radius 3 is 2.71 bits per heavy atom. The SMILES string of the molecule is O=C(CN1C(=O)N[C@]2(CCOc3ccccc32)C1=O)Nc1ccccc1-c1nc2ccccc2s1. The molecule has 1 atom stereocenters. The molecule has 35 heavy (non-hydrogen) atoms. The van der Waals surface area contributed by atoms with Gasteiger partial charge in [0, 0.05) is 17.5 Å². The van der Waals surface area contributed by atoms with E-state index in [-0.39, 0.29) is 0 Å². The number of rotatable bonds is 4. The van der Waals surface area contributed by atoms with Crippen molar-refractivity contribution in [3.63, 3.8) is 0 Å². The second-order valence-electron chi connectivity index (χ2n) is 8.40. The summed E-state index contributed by atoms with van der Waals surface area (Å²) in [7, 11) is 0. The monoisotopic (exact) mass is 484 g/mol. The quantitative estimate of drug-likeness (QED) is 0.424. The van der Waals surface area contributed by atoms with E-state index in [1.54, 1.807) is 24.3 Å². The number of ether oxygens (including phenoxy) is 1. The number of thiazole rings is 1. The van der Waals surface area contributed by atoms with Crippen LogP contribution < -0.4 is 15.4 Å². The van der Waals surface area contributed by atoms with Crippen LogP contribution in [0.3, 0.4) is 0 Å². The maximum absolute atomic E-state index is 13.4. The lowest BCUT2D eigenvalue weighted by atomic mass is 9.84. The number of hydrogen-bond donors (Lipinski definition) is 2. The predicted octanol–water partition coefficient (Wildman–Crippen LogP) is 4.13. The van der Waals surface area contributed by atoms with E-state index in [2.05, 4.69) is 15.6 Å². The molecule has 8 nitrogen and oxygen atoms in total. The van der Waals surface area contributed by atoms with Crippen LogP contribution in [0.15, 0.2) is 72.8 Å². The van der Waals surface area contributed by atoms with E-state index in [0.29, 0.717) is 30.0 Å². The number of urea groups is 1. The fourth-order valence-electron chi connectivity index (χ4n) is 4.61. The van der Waals surface area contributed by atoms with Crippen LogP contribution in [-0.2, 0) is 15.1 Å². The minimum Gasteiger partial charge on any atom is -0.493 e. The number of imide groups is 1. The number of aromatic nitrogens is 1. The highest BCUT2D eigenvalue weighted by molar-refractivity contribution is 7.21. The van der Waals surface area contributed by atoms with Crippen LogP contribution in [0, 0.1) is 0 Å². The van der Waals surface area contributed by atoms with Gasteiger partial charge < -0.3 is 15.4 Å². The van der Waals surface area contributed by atoms with Gasteiger partial charge in [0.05, 0.1) is 22.5 Å². The molecule has 0 aliphatic carbocycles. The van der Waals surface area contributed by atoms with Gasteiger partial charge in [-0.05, 0) is 30.3 Å². The van der Waals surface area contributed by atoms with Gasteiger partial charge in [0.1, 0.15) is 17.3 Å². The van der Waals surface area contributed by atoms with Crippen molar-refractivity contribution >= 4 is 45.1 Å². The van der Waals surface area contributed by atoms with Gasteiger partial charge >= 0.3 is 6.03 Å². The first-order valence-electron chi connectivity index (χ1n) is 11.2. The second-order valence-corrected chi connectivity index (χ2v) is 9.43. The molecular weight excluding hydrogens is 464 g/mol. The fraction of sp³-hybridized carbons (Fsp3) is 0.154. The van der Waals surface area contributed by atoms with Crippen LogP contribution in [0.5, 0.6) is 5.75 Å². The molecule has 2 N–H and O–H groups in total. The number of hydrogen-bond acceptors (Lipinski definition) is 6. The number of carbonyl (C=O) groups is 3. The maximum atomic E-state index is 13.4. The molecule has 3 aromatic carbocycles. The van der Waals surface area contributed by atoms with Crippen molar-refractivity contribution in [2.45, 2.75) is 12.0 Å². The van der Waals surface area contributed by atoms with E-state index in [1.165, 1.54) is 11.3 Å². The molecule has 2 aliphatic rings. The molecule has 1 aromatic heterocycles. The Balaban J connectivity index is 1.24. The van der Waals surface area contributed by atoms with E-state index in [0.717, 1.165) is 25.7 Å². The zero-order valence-corrected chi connectivity index (χ0v) is 19.3. The lowest BCUT2D eigenvalue weighted by molar-refractivity contribution is -0.135. The molecule has 1 saturated heterocycles. The molecule has 4 aromatic rings. The van der Waals surface area contributed by atoms with E-state index in [1.807, 2.05) is 48.5 Å². The molecule has 1 fully saturated rings. The second kappa shape index (κ2) is 8.21. The number of carbonyl (C=O) groups excluding carboxylic acids is 3. The Morgan fingerprint density at radius 2 is 1.83 bits per heavy atom. The number of fused-ring (bicyclic) bond motifs is 3. The first-order chi connectivity index (χ1) is 17.0. The van der Waals surface area contributed by atoms with Gasteiger partial charge in [-0.15, -0.1) is 11.3 Å². The summed E-state index contributed by atoms with van der Waals surface area (Å²) in [5, 5.41) is 6.45. The van der Waals surface area contributed by atoms with Gasteiger partial charge in [-0.25, -0.2) is 9.78 Å². The maximum Gasteiger partial charge on any atom is 0.325 e. The van der Waals surface area contributed by atoms with Gasteiger partial charge in [-0.2, -0.15) is 0 Å². The van der Waals surface area contributed by atoms with E-state index < -0.39 is 29.9 Å². The highest BCUT2D eigenvalue weighted by Gasteiger charge is 2.55. The Bertz CT molecular complexity index is 1470. The molecule has 4 amide bonds. The van der Waals surface area contributed by atoms with Crippen LogP contribution in [0.4, 0.5) is 10.5 Å². The molecule has 2 aliphatic heterocycles. The third kappa shape index (κ3) is 3.52. The normalized spacial score (nSPS) is 18.9. The number of nitrogens with zero attached hydrogens (tertiary/aromatic N) is 2. The predicted molar refractivity (Wildman–Crippen MR) is 132 cm³/mol. The Labute approximate surface area is 204 Å². The first kappa shape index (κ1) is 21.3. The van der Waals surface area contributed by atoms with Crippen LogP contribution in [0.25, 0.3) is 20.8 Å². The molecular formula is C26H20N4O4S. The molecule has 0 radical (unpaired) electrons. The van der Waals surface area contributed by atoms with E-state index in [9.17, 15) is 14.4 Å².